The maximum absolute atomic E-state index is 11.4. The fraction of sp³-hybridized carbons (Fsp3) is 0.344. The molecule has 1 fully saturated rings. The van der Waals surface area contributed by atoms with Crippen LogP contribution in [0.3, 0.4) is 0 Å². The molecule has 1 aliphatic heterocycles. The van der Waals surface area contributed by atoms with Crippen LogP contribution in [0.5, 0.6) is 11.6 Å². The summed E-state index contributed by atoms with van der Waals surface area (Å²) < 4.78 is 6.53. The van der Waals surface area contributed by atoms with E-state index in [1.54, 1.807) is 18.5 Å². The molecule has 3 N–H and O–H groups in total. The van der Waals surface area contributed by atoms with Crippen LogP contribution in [0.15, 0.2) is 60.9 Å². The van der Waals surface area contributed by atoms with E-state index in [1.165, 1.54) is 4.90 Å². The summed E-state index contributed by atoms with van der Waals surface area (Å²) in [6, 6.07) is 18.0. The number of nitrogens with zero attached hydrogens (tertiary/aromatic N) is 5. The number of aromatic nitrogens is 3. The summed E-state index contributed by atoms with van der Waals surface area (Å²) in [5.74, 6) is 1.55. The second-order valence-corrected chi connectivity index (χ2v) is 11.2. The molecule has 2 aromatic heterocycles. The number of amides is 1. The Morgan fingerprint density at radius 2 is 2.00 bits per heavy atom. The number of likely N-dealkylation sites (tertiary alicyclic amines) is 1. The minimum atomic E-state index is -0.914. The van der Waals surface area contributed by atoms with Crippen molar-refractivity contribution in [3.05, 3.63) is 66.5 Å². The number of ether oxygens (including phenoxy) is 1. The molecule has 0 bridgehead atoms. The highest BCUT2D eigenvalue weighted by Crippen LogP contribution is 2.38. The Morgan fingerprint density at radius 3 is 2.81 bits per heavy atom. The van der Waals surface area contributed by atoms with Gasteiger partial charge in [-0.15, -0.1) is 0 Å². The van der Waals surface area contributed by atoms with Crippen LogP contribution < -0.4 is 15.4 Å². The molecule has 10 nitrogen and oxygen atoms in total. The molecular weight excluding hydrogens is 530 g/mol. The van der Waals surface area contributed by atoms with E-state index in [2.05, 4.69) is 32.7 Å². The van der Waals surface area contributed by atoms with Gasteiger partial charge in [0.2, 0.25) is 11.8 Å². The number of piperidine rings is 1. The van der Waals surface area contributed by atoms with Crippen LogP contribution in [0.2, 0.25) is 0 Å². The average Bonchev–Trinajstić information content (AvgIpc) is 2.99. The predicted molar refractivity (Wildman–Crippen MR) is 163 cm³/mol. The van der Waals surface area contributed by atoms with Crippen LogP contribution in [0.25, 0.3) is 22.0 Å². The number of carboxylic acid groups (broad SMARTS) is 1. The number of rotatable bonds is 9. The van der Waals surface area contributed by atoms with Gasteiger partial charge in [-0.2, -0.15) is 5.26 Å². The second-order valence-electron chi connectivity index (χ2n) is 11.2. The Labute approximate surface area is 245 Å². The predicted octanol–water partition coefficient (Wildman–Crippen LogP) is 6.70. The Hall–Kier alpha value is -4.91. The topological polar surface area (TPSA) is 136 Å². The Morgan fingerprint density at radius 1 is 1.14 bits per heavy atom. The molecule has 10 heteroatoms. The van der Waals surface area contributed by atoms with Gasteiger partial charge in [0.05, 0.1) is 22.7 Å². The molecule has 0 aliphatic carbocycles. The molecule has 0 radical (unpaired) electrons. The van der Waals surface area contributed by atoms with Crippen LogP contribution in [0, 0.1) is 23.7 Å². The lowest BCUT2D eigenvalue weighted by Gasteiger charge is -2.31. The lowest BCUT2D eigenvalue weighted by Crippen LogP contribution is -2.44. The zero-order chi connectivity index (χ0) is 29.7. The SMILES string of the molecule is Cc1ccc2c(NCCC(C)(C)C#N)cccc2c1Oc1ncccc1-c1ccnc(NC2CCCN(C(=O)O)C2)n1. The van der Waals surface area contributed by atoms with Gasteiger partial charge in [-0.3, -0.25) is 0 Å². The lowest BCUT2D eigenvalue weighted by atomic mass is 9.91. The molecule has 1 aliphatic rings. The van der Waals surface area contributed by atoms with Gasteiger partial charge in [0.25, 0.3) is 0 Å². The van der Waals surface area contributed by atoms with Crippen molar-refractivity contribution in [2.45, 2.75) is 46.1 Å². The van der Waals surface area contributed by atoms with Gasteiger partial charge in [-0.25, -0.2) is 19.7 Å². The standard InChI is InChI=1S/C32H35N7O3/c1-21-11-12-23-24(8-4-10-26(23)34-17-14-32(2,3)20-33)28(21)42-29-25(9-5-15-35-29)27-13-16-36-30(38-27)37-22-7-6-18-39(19-22)31(40)41/h4-5,8-13,15-16,22,34H,6-7,14,17-19H2,1-3H3,(H,40,41)(H,36,37,38). The fourth-order valence-corrected chi connectivity index (χ4v) is 5.09. The maximum atomic E-state index is 11.4. The van der Waals surface area contributed by atoms with Crippen molar-refractivity contribution in [1.29, 1.82) is 5.26 Å². The third-order valence-corrected chi connectivity index (χ3v) is 7.50. The largest absolute Gasteiger partial charge is 0.465 e. The highest BCUT2D eigenvalue weighted by molar-refractivity contribution is 5.98. The van der Waals surface area contributed by atoms with Crippen molar-refractivity contribution in [1.82, 2.24) is 19.9 Å². The van der Waals surface area contributed by atoms with E-state index >= 15 is 0 Å². The van der Waals surface area contributed by atoms with Gasteiger partial charge >= 0.3 is 6.09 Å². The molecule has 2 aromatic carbocycles. The highest BCUT2D eigenvalue weighted by atomic mass is 16.5. The second kappa shape index (κ2) is 12.3. The van der Waals surface area contributed by atoms with E-state index in [9.17, 15) is 15.2 Å². The van der Waals surface area contributed by atoms with Crippen LogP contribution >= 0.6 is 0 Å². The van der Waals surface area contributed by atoms with Crippen LogP contribution in [0.4, 0.5) is 16.4 Å². The monoisotopic (exact) mass is 565 g/mol. The van der Waals surface area contributed by atoms with Crippen LogP contribution in [0.1, 0.15) is 38.7 Å². The summed E-state index contributed by atoms with van der Waals surface area (Å²) in [5.41, 5.74) is 2.89. The first-order chi connectivity index (χ1) is 20.2. The molecule has 1 saturated heterocycles. The van der Waals surface area contributed by atoms with Gasteiger partial charge in [0.1, 0.15) is 5.75 Å². The van der Waals surface area contributed by atoms with Gasteiger partial charge in [-0.05, 0) is 69.9 Å². The summed E-state index contributed by atoms with van der Waals surface area (Å²) in [5, 5.41) is 27.5. The van der Waals surface area contributed by atoms with Crippen molar-refractivity contribution in [3.8, 4) is 29.0 Å². The van der Waals surface area contributed by atoms with Crippen molar-refractivity contribution < 1.29 is 14.6 Å². The van der Waals surface area contributed by atoms with Crippen molar-refractivity contribution in [2.24, 2.45) is 5.41 Å². The zero-order valence-corrected chi connectivity index (χ0v) is 24.1. The number of anilines is 2. The van der Waals surface area contributed by atoms with E-state index in [1.807, 2.05) is 57.2 Å². The van der Waals surface area contributed by atoms with E-state index in [0.29, 0.717) is 48.5 Å². The minimum Gasteiger partial charge on any atom is -0.465 e. The number of hydrogen-bond donors (Lipinski definition) is 3. The normalized spacial score (nSPS) is 15.2. The van der Waals surface area contributed by atoms with E-state index < -0.39 is 11.5 Å². The first-order valence-corrected chi connectivity index (χ1v) is 14.1. The first-order valence-electron chi connectivity index (χ1n) is 14.1. The quantitative estimate of drug-likeness (QED) is 0.202. The summed E-state index contributed by atoms with van der Waals surface area (Å²) in [6.45, 7) is 7.48. The van der Waals surface area contributed by atoms with Crippen molar-refractivity contribution >= 4 is 28.5 Å². The molecule has 3 heterocycles. The highest BCUT2D eigenvalue weighted by Gasteiger charge is 2.24. The summed E-state index contributed by atoms with van der Waals surface area (Å²) in [4.78, 5) is 26.5. The molecule has 4 aromatic rings. The number of nitriles is 1. The van der Waals surface area contributed by atoms with Crippen LogP contribution in [-0.2, 0) is 0 Å². The van der Waals surface area contributed by atoms with Crippen molar-refractivity contribution in [3.63, 3.8) is 0 Å². The number of carbonyl (C=O) groups is 1. The number of pyridine rings is 1. The molecule has 5 rings (SSSR count). The van der Waals surface area contributed by atoms with Gasteiger partial charge in [-0.1, -0.05) is 24.3 Å². The first kappa shape index (κ1) is 28.6. The van der Waals surface area contributed by atoms with Gasteiger partial charge < -0.3 is 25.4 Å². The molecule has 1 atom stereocenters. The fourth-order valence-electron chi connectivity index (χ4n) is 5.09. The number of aryl methyl sites for hydroxylation is 1. The number of fused-ring (bicyclic) bond motifs is 1. The third kappa shape index (κ3) is 6.52. The Bertz CT molecular complexity index is 1630. The van der Waals surface area contributed by atoms with Crippen molar-refractivity contribution in [2.75, 3.05) is 30.3 Å². The lowest BCUT2D eigenvalue weighted by molar-refractivity contribution is 0.132. The van der Waals surface area contributed by atoms with E-state index in [4.69, 9.17) is 9.72 Å². The summed E-state index contributed by atoms with van der Waals surface area (Å²) in [7, 11) is 0. The van der Waals surface area contributed by atoms with Gasteiger partial charge in [0.15, 0.2) is 0 Å². The van der Waals surface area contributed by atoms with Gasteiger partial charge in [0, 0.05) is 54.5 Å². The number of nitrogens with one attached hydrogen (secondary N) is 2. The molecule has 0 spiro atoms. The smallest absolute Gasteiger partial charge is 0.407 e. The molecular formula is C32H35N7O3. The molecule has 42 heavy (non-hydrogen) atoms. The van der Waals surface area contributed by atoms with E-state index in [-0.39, 0.29) is 6.04 Å². The Kier molecular flexibility index (Phi) is 8.38. The minimum absolute atomic E-state index is 0.0677. The van der Waals surface area contributed by atoms with Crippen LogP contribution in [-0.4, -0.2) is 56.7 Å². The summed E-state index contributed by atoms with van der Waals surface area (Å²) >= 11 is 0. The number of benzene rings is 2. The third-order valence-electron chi connectivity index (χ3n) is 7.50. The average molecular weight is 566 g/mol. The maximum Gasteiger partial charge on any atom is 0.407 e. The van der Waals surface area contributed by atoms with E-state index in [0.717, 1.165) is 41.3 Å². The number of hydrogen-bond acceptors (Lipinski definition) is 8. The molecule has 1 amide bonds. The zero-order valence-electron chi connectivity index (χ0n) is 24.1. The summed E-state index contributed by atoms with van der Waals surface area (Å²) in [6.07, 6.45) is 4.79. The molecule has 1 unspecified atom stereocenters. The molecule has 0 saturated carbocycles. The molecule has 216 valence electrons. The Balaban J connectivity index is 1.40.